The highest BCUT2D eigenvalue weighted by molar-refractivity contribution is 5.80. The Balaban J connectivity index is 1.63. The average Bonchev–Trinajstić information content (AvgIpc) is 2.67. The highest BCUT2D eigenvalue weighted by atomic mass is 16.4. The molecular formula is C19H22N4O3. The first kappa shape index (κ1) is 18.0. The van der Waals surface area contributed by atoms with Crippen LogP contribution in [0.25, 0.3) is 0 Å². The molecule has 1 aliphatic rings. The molecule has 2 aromatic heterocycles. The van der Waals surface area contributed by atoms with Crippen LogP contribution in [0.15, 0.2) is 48.9 Å². The number of nitrogens with zero attached hydrogens (tertiary/aromatic N) is 3. The minimum Gasteiger partial charge on any atom is -0.481 e. The van der Waals surface area contributed by atoms with E-state index >= 15 is 0 Å². The molecule has 7 heteroatoms. The van der Waals surface area contributed by atoms with E-state index in [0.717, 1.165) is 11.3 Å². The van der Waals surface area contributed by atoms with Gasteiger partial charge in [-0.1, -0.05) is 6.07 Å². The van der Waals surface area contributed by atoms with Crippen molar-refractivity contribution in [3.05, 3.63) is 60.2 Å². The van der Waals surface area contributed by atoms with Crippen LogP contribution in [0.5, 0.6) is 0 Å². The maximum atomic E-state index is 12.6. The van der Waals surface area contributed by atoms with Crippen molar-refractivity contribution in [3.63, 3.8) is 0 Å². The monoisotopic (exact) mass is 354 g/mol. The Morgan fingerprint density at radius 1 is 1.12 bits per heavy atom. The molecule has 0 unspecified atom stereocenters. The molecule has 136 valence electrons. The van der Waals surface area contributed by atoms with Crippen molar-refractivity contribution in [3.8, 4) is 0 Å². The predicted octanol–water partition coefficient (Wildman–Crippen LogP) is 1.32. The fraction of sp³-hybridized carbons (Fsp3) is 0.368. The molecule has 0 aromatic carbocycles. The highest BCUT2D eigenvalue weighted by Crippen LogP contribution is 2.24. The zero-order valence-corrected chi connectivity index (χ0v) is 14.4. The number of rotatable bonds is 6. The van der Waals surface area contributed by atoms with Gasteiger partial charge in [0.15, 0.2) is 0 Å². The Kier molecular flexibility index (Phi) is 5.91. The summed E-state index contributed by atoms with van der Waals surface area (Å²) in [6.45, 7) is 1.91. The van der Waals surface area contributed by atoms with Crippen molar-refractivity contribution >= 4 is 11.9 Å². The summed E-state index contributed by atoms with van der Waals surface area (Å²) in [5, 5.41) is 12.4. The number of hydrogen-bond donors (Lipinski definition) is 2. The van der Waals surface area contributed by atoms with E-state index in [1.807, 2.05) is 35.2 Å². The second-order valence-corrected chi connectivity index (χ2v) is 6.56. The standard InChI is InChI=1S/C19H22N4O3/c24-18(22-10-14-4-7-20-8-5-14)15-9-16(19(25)26)12-23(11-15)13-17-3-1-2-6-21-17/h1-8,15-16H,9-13H2,(H,22,24)(H,25,26)/t15-,16+/m0/s1. The fourth-order valence-electron chi connectivity index (χ4n) is 3.24. The molecule has 0 saturated carbocycles. The Morgan fingerprint density at radius 3 is 2.58 bits per heavy atom. The molecule has 1 aliphatic heterocycles. The van der Waals surface area contributed by atoms with Crippen molar-refractivity contribution in [1.29, 1.82) is 0 Å². The Hall–Kier alpha value is -2.80. The summed E-state index contributed by atoms with van der Waals surface area (Å²) in [6, 6.07) is 9.33. The van der Waals surface area contributed by atoms with E-state index < -0.39 is 11.9 Å². The van der Waals surface area contributed by atoms with E-state index in [9.17, 15) is 14.7 Å². The van der Waals surface area contributed by atoms with E-state index in [4.69, 9.17) is 0 Å². The van der Waals surface area contributed by atoms with Crippen LogP contribution in [0.4, 0.5) is 0 Å². The number of amides is 1. The lowest BCUT2D eigenvalue weighted by Gasteiger charge is -2.35. The third-order valence-electron chi connectivity index (χ3n) is 4.57. The summed E-state index contributed by atoms with van der Waals surface area (Å²) in [7, 11) is 0. The van der Waals surface area contributed by atoms with Gasteiger partial charge in [-0.15, -0.1) is 0 Å². The summed E-state index contributed by atoms with van der Waals surface area (Å²) in [5.74, 6) is -1.87. The number of carboxylic acid groups (broad SMARTS) is 1. The molecule has 3 rings (SSSR count). The third kappa shape index (κ3) is 4.86. The van der Waals surface area contributed by atoms with Gasteiger partial charge in [0.2, 0.25) is 5.91 Å². The van der Waals surface area contributed by atoms with Gasteiger partial charge in [-0.3, -0.25) is 24.5 Å². The minimum atomic E-state index is -0.859. The third-order valence-corrected chi connectivity index (χ3v) is 4.57. The molecule has 1 saturated heterocycles. The lowest BCUT2D eigenvalue weighted by atomic mass is 9.88. The van der Waals surface area contributed by atoms with Gasteiger partial charge in [-0.2, -0.15) is 0 Å². The van der Waals surface area contributed by atoms with Gasteiger partial charge in [0.25, 0.3) is 0 Å². The van der Waals surface area contributed by atoms with Gasteiger partial charge in [0.1, 0.15) is 0 Å². The summed E-state index contributed by atoms with van der Waals surface area (Å²) in [5.41, 5.74) is 1.83. The molecule has 1 fully saturated rings. The van der Waals surface area contributed by atoms with Gasteiger partial charge in [0.05, 0.1) is 17.5 Å². The number of likely N-dealkylation sites (tertiary alicyclic amines) is 1. The Labute approximate surface area is 152 Å². The molecule has 0 spiro atoms. The quantitative estimate of drug-likeness (QED) is 0.812. The number of hydrogen-bond acceptors (Lipinski definition) is 5. The van der Waals surface area contributed by atoms with Gasteiger partial charge in [-0.25, -0.2) is 0 Å². The van der Waals surface area contributed by atoms with Gasteiger partial charge >= 0.3 is 5.97 Å². The van der Waals surface area contributed by atoms with Crippen LogP contribution in [-0.4, -0.2) is 44.9 Å². The molecule has 0 radical (unpaired) electrons. The largest absolute Gasteiger partial charge is 0.481 e. The van der Waals surface area contributed by atoms with Crippen molar-refractivity contribution in [2.24, 2.45) is 11.8 Å². The molecule has 2 N–H and O–H groups in total. The van der Waals surface area contributed by atoms with Crippen molar-refractivity contribution in [2.45, 2.75) is 19.5 Å². The predicted molar refractivity (Wildman–Crippen MR) is 94.8 cm³/mol. The molecule has 2 aromatic rings. The molecule has 0 aliphatic carbocycles. The second kappa shape index (κ2) is 8.53. The maximum Gasteiger partial charge on any atom is 0.307 e. The van der Waals surface area contributed by atoms with E-state index in [1.165, 1.54) is 0 Å². The van der Waals surface area contributed by atoms with Crippen LogP contribution in [-0.2, 0) is 22.7 Å². The molecule has 7 nitrogen and oxygen atoms in total. The van der Waals surface area contributed by atoms with Crippen molar-refractivity contribution in [2.75, 3.05) is 13.1 Å². The van der Waals surface area contributed by atoms with Crippen LogP contribution >= 0.6 is 0 Å². The number of carbonyl (C=O) groups excluding carboxylic acids is 1. The lowest BCUT2D eigenvalue weighted by molar-refractivity contribution is -0.145. The number of aliphatic carboxylic acids is 1. The summed E-state index contributed by atoms with van der Waals surface area (Å²) < 4.78 is 0. The topological polar surface area (TPSA) is 95.4 Å². The van der Waals surface area contributed by atoms with Crippen molar-refractivity contribution in [1.82, 2.24) is 20.2 Å². The zero-order chi connectivity index (χ0) is 18.4. The van der Waals surface area contributed by atoms with Gasteiger partial charge < -0.3 is 10.4 Å². The number of carbonyl (C=O) groups is 2. The van der Waals surface area contributed by atoms with E-state index in [0.29, 0.717) is 32.6 Å². The number of aromatic nitrogens is 2. The molecule has 2 atom stereocenters. The minimum absolute atomic E-state index is 0.112. The van der Waals surface area contributed by atoms with Gasteiger partial charge in [0, 0.05) is 44.8 Å². The van der Waals surface area contributed by atoms with Crippen LogP contribution < -0.4 is 5.32 Å². The lowest BCUT2D eigenvalue weighted by Crippen LogP contribution is -2.47. The maximum absolute atomic E-state index is 12.6. The summed E-state index contributed by atoms with van der Waals surface area (Å²) in [4.78, 5) is 34.3. The fourth-order valence-corrected chi connectivity index (χ4v) is 3.24. The first-order valence-electron chi connectivity index (χ1n) is 8.63. The number of carboxylic acids is 1. The number of nitrogens with one attached hydrogen (secondary N) is 1. The Bertz CT molecular complexity index is 739. The van der Waals surface area contributed by atoms with Crippen LogP contribution in [0.3, 0.4) is 0 Å². The molecule has 26 heavy (non-hydrogen) atoms. The SMILES string of the molecule is O=C(O)[C@@H]1C[C@H](C(=O)NCc2ccncc2)CN(Cc2ccccn2)C1. The molecular weight excluding hydrogens is 332 g/mol. The average molecular weight is 354 g/mol. The van der Waals surface area contributed by atoms with Crippen molar-refractivity contribution < 1.29 is 14.7 Å². The summed E-state index contributed by atoms with van der Waals surface area (Å²) >= 11 is 0. The zero-order valence-electron chi connectivity index (χ0n) is 14.4. The normalized spacial score (nSPS) is 20.5. The molecule has 3 heterocycles. The molecule has 0 bridgehead atoms. The smallest absolute Gasteiger partial charge is 0.307 e. The first-order chi connectivity index (χ1) is 12.6. The number of pyridine rings is 2. The summed E-state index contributed by atoms with van der Waals surface area (Å²) in [6.07, 6.45) is 5.43. The second-order valence-electron chi connectivity index (χ2n) is 6.56. The Morgan fingerprint density at radius 2 is 1.88 bits per heavy atom. The first-order valence-corrected chi connectivity index (χ1v) is 8.63. The van der Waals surface area contributed by atoms with Crippen LogP contribution in [0.2, 0.25) is 0 Å². The van der Waals surface area contributed by atoms with E-state index in [1.54, 1.807) is 18.6 Å². The van der Waals surface area contributed by atoms with Crippen LogP contribution in [0.1, 0.15) is 17.7 Å². The van der Waals surface area contributed by atoms with Crippen LogP contribution in [0, 0.1) is 11.8 Å². The van der Waals surface area contributed by atoms with E-state index in [2.05, 4.69) is 15.3 Å². The number of piperidine rings is 1. The van der Waals surface area contributed by atoms with E-state index in [-0.39, 0.29) is 11.8 Å². The highest BCUT2D eigenvalue weighted by Gasteiger charge is 2.35. The van der Waals surface area contributed by atoms with Gasteiger partial charge in [-0.05, 0) is 36.2 Å². The molecule has 1 amide bonds.